The second-order valence-corrected chi connectivity index (χ2v) is 12.5. The minimum Gasteiger partial charge on any atom is -0.769 e. The molecule has 0 aliphatic heterocycles. The van der Waals surface area contributed by atoms with Crippen LogP contribution >= 0.6 is 21.7 Å². The van der Waals surface area contributed by atoms with Gasteiger partial charge >= 0.3 is 103 Å². The SMILES string of the molecule is [K+].[K+].[O-]S(O)(O)c1cccc2c(-c3ccc(Nc4ccccc4)c4c(S([O-])(O)O)cccc34)ccc(Nc3ccccc3)c12. The summed E-state index contributed by atoms with van der Waals surface area (Å²) in [5, 5.41) is 8.37. The van der Waals surface area contributed by atoms with Crippen LogP contribution in [0.5, 0.6) is 0 Å². The Balaban J connectivity index is 0.00000221. The van der Waals surface area contributed by atoms with E-state index in [1.54, 1.807) is 36.4 Å². The zero-order valence-corrected chi connectivity index (χ0v) is 31.8. The number of anilines is 4. The first-order valence-corrected chi connectivity index (χ1v) is 15.8. The summed E-state index contributed by atoms with van der Waals surface area (Å²) in [4.78, 5) is -0.303. The first-order valence-electron chi connectivity index (χ1n) is 12.9. The first-order chi connectivity index (χ1) is 20.1. The van der Waals surface area contributed by atoms with Crippen LogP contribution in [0.15, 0.2) is 131 Å². The van der Waals surface area contributed by atoms with Gasteiger partial charge in [-0.15, -0.1) is 0 Å². The molecule has 0 spiro atoms. The molecular weight excluding hydrogens is 651 g/mol. The molecule has 6 aromatic rings. The number of para-hydroxylation sites is 2. The molecule has 0 saturated carbocycles. The maximum absolute atomic E-state index is 12.6. The molecular formula is C32H26K2N2O6S2. The number of nitrogens with one attached hydrogen (secondary N) is 2. The fraction of sp³-hybridized carbons (Fsp3) is 0. The molecule has 12 heteroatoms. The van der Waals surface area contributed by atoms with Gasteiger partial charge < -0.3 is 38.0 Å². The Kier molecular flexibility index (Phi) is 12.2. The fourth-order valence-electron chi connectivity index (χ4n) is 5.22. The Labute approximate surface area is 343 Å². The molecule has 214 valence electrons. The van der Waals surface area contributed by atoms with Crippen molar-refractivity contribution in [3.05, 3.63) is 121 Å². The first kappa shape index (κ1) is 36.0. The second kappa shape index (κ2) is 14.9. The Morgan fingerprint density at radius 3 is 1.14 bits per heavy atom. The van der Waals surface area contributed by atoms with E-state index in [0.29, 0.717) is 44.0 Å². The number of hydrogen-bond acceptors (Lipinski definition) is 8. The summed E-state index contributed by atoms with van der Waals surface area (Å²) in [5.41, 5.74) is 3.79. The van der Waals surface area contributed by atoms with E-state index in [0.717, 1.165) is 11.4 Å². The topological polar surface area (TPSA) is 151 Å². The van der Waals surface area contributed by atoms with Crippen molar-refractivity contribution in [3.63, 3.8) is 0 Å². The minimum absolute atomic E-state index is 0. The zero-order chi connectivity index (χ0) is 29.5. The number of benzene rings is 6. The van der Waals surface area contributed by atoms with E-state index >= 15 is 0 Å². The second-order valence-electron chi connectivity index (χ2n) is 9.65. The molecule has 0 atom stereocenters. The number of fused-ring (bicyclic) bond motifs is 2. The van der Waals surface area contributed by atoms with Crippen molar-refractivity contribution in [2.24, 2.45) is 0 Å². The molecule has 0 aliphatic carbocycles. The zero-order valence-electron chi connectivity index (χ0n) is 24.0. The van der Waals surface area contributed by atoms with Crippen LogP contribution in [-0.2, 0) is 0 Å². The van der Waals surface area contributed by atoms with Gasteiger partial charge in [-0.3, -0.25) is 0 Å². The molecule has 0 unspecified atom stereocenters. The van der Waals surface area contributed by atoms with Crippen molar-refractivity contribution in [2.45, 2.75) is 9.79 Å². The van der Waals surface area contributed by atoms with Gasteiger partial charge in [0, 0.05) is 43.3 Å². The Morgan fingerprint density at radius 2 is 0.795 bits per heavy atom. The van der Waals surface area contributed by atoms with Gasteiger partial charge in [0.05, 0.1) is 0 Å². The molecule has 0 aromatic heterocycles. The average Bonchev–Trinajstić information content (AvgIpc) is 2.97. The summed E-state index contributed by atoms with van der Waals surface area (Å²) in [6.45, 7) is 0. The largest absolute Gasteiger partial charge is 1.00 e. The standard InChI is InChI=1S/C32H28N2O6S2.2K/c35-41(36,37)29-15-7-13-25-23(17-19-27(31(25)29)33-21-9-3-1-4-10-21)24-18-20-28(34-22-11-5-2-6-12-22)32-26(24)14-8-16-30(32)42(38,39)40;;/h1-20,33-40H;;/q;2*+1/p-2. The molecule has 0 bridgehead atoms. The van der Waals surface area contributed by atoms with Crippen LogP contribution in [0.25, 0.3) is 32.7 Å². The molecule has 6 rings (SSSR count). The summed E-state index contributed by atoms with van der Waals surface area (Å²) in [7, 11) is -8.71. The Bertz CT molecular complexity index is 1780. The van der Waals surface area contributed by atoms with Crippen molar-refractivity contribution in [3.8, 4) is 11.1 Å². The van der Waals surface area contributed by atoms with Gasteiger partial charge in [-0.2, -0.15) is 0 Å². The van der Waals surface area contributed by atoms with E-state index in [2.05, 4.69) is 10.6 Å². The van der Waals surface area contributed by atoms with Crippen molar-refractivity contribution in [1.82, 2.24) is 0 Å². The average molecular weight is 677 g/mol. The van der Waals surface area contributed by atoms with Crippen molar-refractivity contribution in [2.75, 3.05) is 10.6 Å². The molecule has 8 nitrogen and oxygen atoms in total. The van der Waals surface area contributed by atoms with E-state index in [1.165, 1.54) is 12.1 Å². The quantitative estimate of drug-likeness (QED) is 0.140. The van der Waals surface area contributed by atoms with Crippen LogP contribution in [0.2, 0.25) is 0 Å². The molecule has 0 amide bonds. The third-order valence-corrected chi connectivity index (χ3v) is 8.80. The molecule has 0 heterocycles. The van der Waals surface area contributed by atoms with Gasteiger partial charge in [0.25, 0.3) is 0 Å². The molecule has 6 aromatic carbocycles. The number of rotatable bonds is 7. The maximum atomic E-state index is 12.6. The Morgan fingerprint density at radius 1 is 0.432 bits per heavy atom. The van der Waals surface area contributed by atoms with E-state index < -0.39 is 21.7 Å². The number of hydrogen-bond donors (Lipinski definition) is 6. The molecule has 0 radical (unpaired) electrons. The predicted molar refractivity (Wildman–Crippen MR) is 170 cm³/mol. The van der Waals surface area contributed by atoms with Crippen LogP contribution in [0.4, 0.5) is 22.7 Å². The van der Waals surface area contributed by atoms with E-state index in [-0.39, 0.29) is 113 Å². The summed E-state index contributed by atoms with van der Waals surface area (Å²) >= 11 is 0. The van der Waals surface area contributed by atoms with Gasteiger partial charge in [0.15, 0.2) is 0 Å². The van der Waals surface area contributed by atoms with Crippen molar-refractivity contribution < 1.29 is 130 Å². The van der Waals surface area contributed by atoms with Gasteiger partial charge in [0.2, 0.25) is 0 Å². The molecule has 6 N–H and O–H groups in total. The third-order valence-electron chi connectivity index (χ3n) is 6.97. The van der Waals surface area contributed by atoms with E-state index in [4.69, 9.17) is 0 Å². The third kappa shape index (κ3) is 7.65. The maximum Gasteiger partial charge on any atom is 1.00 e. The van der Waals surface area contributed by atoms with Gasteiger partial charge in [0.1, 0.15) is 0 Å². The summed E-state index contributed by atoms with van der Waals surface area (Å²) < 4.78 is 66.3. The van der Waals surface area contributed by atoms with E-state index in [9.17, 15) is 27.3 Å². The minimum atomic E-state index is -4.36. The van der Waals surface area contributed by atoms with Crippen LogP contribution in [0, 0.1) is 0 Å². The normalized spacial score (nSPS) is 12.2. The van der Waals surface area contributed by atoms with Crippen LogP contribution < -0.4 is 113 Å². The van der Waals surface area contributed by atoms with Gasteiger partial charge in [-0.1, -0.05) is 94.5 Å². The fourth-order valence-corrected chi connectivity index (χ4v) is 6.70. The molecule has 0 saturated heterocycles. The van der Waals surface area contributed by atoms with Gasteiger partial charge in [-0.05, 0) is 70.4 Å². The molecule has 0 fully saturated rings. The smallest absolute Gasteiger partial charge is 0.769 e. The van der Waals surface area contributed by atoms with Crippen molar-refractivity contribution in [1.29, 1.82) is 0 Å². The Hall–Kier alpha value is -0.827. The predicted octanol–water partition coefficient (Wildman–Crippen LogP) is 3.64. The molecule has 0 aliphatic rings. The van der Waals surface area contributed by atoms with E-state index in [1.807, 2.05) is 72.8 Å². The van der Waals surface area contributed by atoms with Crippen LogP contribution in [-0.4, -0.2) is 27.3 Å². The summed E-state index contributed by atoms with van der Waals surface area (Å²) in [6.07, 6.45) is 0. The van der Waals surface area contributed by atoms with Crippen molar-refractivity contribution >= 4 is 66.0 Å². The van der Waals surface area contributed by atoms with Gasteiger partial charge in [-0.25, -0.2) is 0 Å². The van der Waals surface area contributed by atoms with Crippen LogP contribution in [0.3, 0.4) is 0 Å². The summed E-state index contributed by atoms with van der Waals surface area (Å²) in [5.74, 6) is 0. The molecule has 44 heavy (non-hydrogen) atoms. The monoisotopic (exact) mass is 676 g/mol. The van der Waals surface area contributed by atoms with Crippen LogP contribution in [0.1, 0.15) is 0 Å². The summed E-state index contributed by atoms with van der Waals surface area (Å²) in [6, 6.07) is 35.3.